The van der Waals surface area contributed by atoms with Gasteiger partial charge < -0.3 is 20.7 Å². The molecule has 2 aliphatic heterocycles. The Labute approximate surface area is 217 Å². The van der Waals surface area contributed by atoms with Gasteiger partial charge in [0.25, 0.3) is 11.8 Å². The van der Waals surface area contributed by atoms with Crippen LogP contribution in [0.25, 0.3) is 5.57 Å². The van der Waals surface area contributed by atoms with Crippen molar-refractivity contribution in [2.45, 2.75) is 24.7 Å². The van der Waals surface area contributed by atoms with Crippen LogP contribution < -0.4 is 16.0 Å². The van der Waals surface area contributed by atoms with E-state index in [-0.39, 0.29) is 11.6 Å². The molecule has 6 rings (SSSR count). The number of carbonyl (C=O) groups is 3. The average Bonchev–Trinajstić information content (AvgIpc) is 3.40. The molecule has 0 atom stereocenters. The number of halogens is 1. The third-order valence-electron chi connectivity index (χ3n) is 7.41. The van der Waals surface area contributed by atoms with E-state index in [0.29, 0.717) is 60.1 Å². The highest BCUT2D eigenvalue weighted by Crippen LogP contribution is 2.45. The molecule has 1 aromatic heterocycles. The second kappa shape index (κ2) is 8.86. The number of carbonyl (C=O) groups excluding carboxylic acids is 3. The molecule has 3 aliphatic rings. The molecular weight excluding hydrogens is 494 g/mol. The van der Waals surface area contributed by atoms with Gasteiger partial charge in [-0.2, -0.15) is 5.10 Å². The van der Waals surface area contributed by atoms with Crippen LogP contribution in [0.3, 0.4) is 0 Å². The van der Waals surface area contributed by atoms with Gasteiger partial charge >= 0.3 is 0 Å². The van der Waals surface area contributed by atoms with Crippen LogP contribution in [0.4, 0.5) is 11.4 Å². The number of aryl methyl sites for hydroxylation is 1. The molecule has 3 amide bonds. The van der Waals surface area contributed by atoms with Crippen molar-refractivity contribution < 1.29 is 19.1 Å². The van der Waals surface area contributed by atoms with Gasteiger partial charge in [-0.1, -0.05) is 29.8 Å². The van der Waals surface area contributed by atoms with E-state index >= 15 is 0 Å². The molecule has 188 valence electrons. The second-order valence-electron chi connectivity index (χ2n) is 9.46. The fourth-order valence-electron chi connectivity index (χ4n) is 5.40. The van der Waals surface area contributed by atoms with Crippen LogP contribution >= 0.6 is 11.6 Å². The first-order chi connectivity index (χ1) is 17.9. The fraction of sp³-hybridized carbons (Fsp3) is 0.259. The Morgan fingerprint density at radius 2 is 1.97 bits per heavy atom. The number of fused-ring (bicyclic) bond motifs is 3. The van der Waals surface area contributed by atoms with Crippen molar-refractivity contribution >= 4 is 46.3 Å². The summed E-state index contributed by atoms with van der Waals surface area (Å²) in [6, 6.07) is 12.5. The number of benzene rings is 2. The van der Waals surface area contributed by atoms with Crippen molar-refractivity contribution in [1.82, 2.24) is 15.1 Å². The minimum atomic E-state index is -0.591. The van der Waals surface area contributed by atoms with Gasteiger partial charge in [-0.05, 0) is 53.8 Å². The summed E-state index contributed by atoms with van der Waals surface area (Å²) in [4.78, 5) is 39.5. The molecular formula is C27H24ClN5O4. The molecule has 2 aromatic carbocycles. The zero-order valence-corrected chi connectivity index (χ0v) is 20.8. The van der Waals surface area contributed by atoms with Gasteiger partial charge in [-0.3, -0.25) is 19.1 Å². The van der Waals surface area contributed by atoms with Crippen molar-refractivity contribution in [3.8, 4) is 0 Å². The number of allylic oxidation sites excluding steroid dienone is 1. The summed E-state index contributed by atoms with van der Waals surface area (Å²) in [5.74, 6) is -0.983. The molecule has 0 unspecified atom stereocenters. The smallest absolute Gasteiger partial charge is 0.274 e. The third-order valence-corrected chi connectivity index (χ3v) is 7.73. The first-order valence-electron chi connectivity index (χ1n) is 12.0. The van der Waals surface area contributed by atoms with Crippen LogP contribution in [0.5, 0.6) is 0 Å². The van der Waals surface area contributed by atoms with E-state index in [0.717, 1.165) is 16.7 Å². The number of hydrogen-bond acceptors (Lipinski definition) is 5. The summed E-state index contributed by atoms with van der Waals surface area (Å²) in [7, 11) is 1.65. The summed E-state index contributed by atoms with van der Waals surface area (Å²) in [5.41, 5.74) is 4.35. The van der Waals surface area contributed by atoms with Gasteiger partial charge in [0.2, 0.25) is 5.91 Å². The van der Waals surface area contributed by atoms with Crippen molar-refractivity contribution in [3.63, 3.8) is 0 Å². The lowest BCUT2D eigenvalue weighted by atomic mass is 9.75. The number of ether oxygens (including phenoxy) is 1. The maximum Gasteiger partial charge on any atom is 0.274 e. The van der Waals surface area contributed by atoms with Gasteiger partial charge in [0, 0.05) is 54.8 Å². The van der Waals surface area contributed by atoms with E-state index in [1.165, 1.54) is 10.9 Å². The van der Waals surface area contributed by atoms with E-state index in [2.05, 4.69) is 21.0 Å². The molecule has 9 nitrogen and oxygen atoms in total. The summed E-state index contributed by atoms with van der Waals surface area (Å²) in [6.45, 7) is 1.06. The van der Waals surface area contributed by atoms with Crippen molar-refractivity contribution in [2.75, 3.05) is 23.8 Å². The number of hydrogen-bond donors (Lipinski definition) is 3. The van der Waals surface area contributed by atoms with Gasteiger partial charge in [0.15, 0.2) is 0 Å². The highest BCUT2D eigenvalue weighted by Gasteiger charge is 2.47. The Kier molecular flexibility index (Phi) is 5.62. The predicted molar refractivity (Wildman–Crippen MR) is 138 cm³/mol. The lowest BCUT2D eigenvalue weighted by Gasteiger charge is -2.31. The monoisotopic (exact) mass is 517 g/mol. The first-order valence-corrected chi connectivity index (χ1v) is 12.4. The van der Waals surface area contributed by atoms with Crippen LogP contribution in [0.15, 0.2) is 54.4 Å². The van der Waals surface area contributed by atoms with E-state index < -0.39 is 17.2 Å². The van der Waals surface area contributed by atoms with Crippen molar-refractivity contribution in [1.29, 1.82) is 0 Å². The standard InChI is InChI=1S/C27H24ClN5O4/c1-33-21(7-10-29-33)24(34)32-23(17-13-15-3-2-4-19(28)22(15)17)25(35)30-16-5-6-18-20(14-16)31-26(36)27(18)8-11-37-12-9-27/h2-7,10,14H,8-9,11-13H2,1H3,(H,30,35)(H,31,36)(H,32,34). The summed E-state index contributed by atoms with van der Waals surface area (Å²) < 4.78 is 6.91. The Hall–Kier alpha value is -3.95. The molecule has 1 aliphatic carbocycles. The zero-order chi connectivity index (χ0) is 25.7. The Morgan fingerprint density at radius 3 is 2.70 bits per heavy atom. The molecule has 3 aromatic rings. The van der Waals surface area contributed by atoms with Crippen LogP contribution in [0.2, 0.25) is 5.02 Å². The van der Waals surface area contributed by atoms with Crippen LogP contribution in [0, 0.1) is 0 Å². The number of amides is 3. The van der Waals surface area contributed by atoms with E-state index in [4.69, 9.17) is 16.3 Å². The maximum atomic E-state index is 13.6. The maximum absolute atomic E-state index is 13.6. The highest BCUT2D eigenvalue weighted by molar-refractivity contribution is 6.33. The number of rotatable bonds is 4. The lowest BCUT2D eigenvalue weighted by Crippen LogP contribution is -2.39. The largest absolute Gasteiger partial charge is 0.381 e. The minimum absolute atomic E-state index is 0.0405. The first kappa shape index (κ1) is 23.4. The Morgan fingerprint density at radius 1 is 1.16 bits per heavy atom. The van der Waals surface area contributed by atoms with Gasteiger partial charge in [0.05, 0.1) is 5.41 Å². The molecule has 0 saturated carbocycles. The number of nitrogens with zero attached hydrogens (tertiary/aromatic N) is 2. The van der Waals surface area contributed by atoms with Crippen LogP contribution in [-0.4, -0.2) is 40.7 Å². The third kappa shape index (κ3) is 3.82. The molecule has 0 bridgehead atoms. The molecule has 1 saturated heterocycles. The molecule has 3 heterocycles. The zero-order valence-electron chi connectivity index (χ0n) is 20.1. The second-order valence-corrected chi connectivity index (χ2v) is 9.87. The number of aromatic nitrogens is 2. The summed E-state index contributed by atoms with van der Waals surface area (Å²) in [6.07, 6.45) is 3.25. The summed E-state index contributed by atoms with van der Waals surface area (Å²) in [5, 5.41) is 13.2. The molecule has 1 fully saturated rings. The van der Waals surface area contributed by atoms with Gasteiger partial charge in [-0.15, -0.1) is 0 Å². The van der Waals surface area contributed by atoms with E-state index in [9.17, 15) is 14.4 Å². The number of nitrogens with one attached hydrogen (secondary N) is 3. The predicted octanol–water partition coefficient (Wildman–Crippen LogP) is 3.41. The van der Waals surface area contributed by atoms with Crippen LogP contribution in [0.1, 0.15) is 40.0 Å². The van der Waals surface area contributed by atoms with E-state index in [1.807, 2.05) is 18.2 Å². The van der Waals surface area contributed by atoms with Crippen molar-refractivity contribution in [2.24, 2.45) is 7.05 Å². The molecule has 0 radical (unpaired) electrons. The normalized spacial score (nSPS) is 18.4. The number of anilines is 2. The molecule has 1 spiro atoms. The molecule has 37 heavy (non-hydrogen) atoms. The minimum Gasteiger partial charge on any atom is -0.381 e. The fourth-order valence-corrected chi connectivity index (χ4v) is 5.71. The Balaban J connectivity index is 1.32. The summed E-state index contributed by atoms with van der Waals surface area (Å²) >= 11 is 6.44. The van der Waals surface area contributed by atoms with Crippen molar-refractivity contribution in [3.05, 3.63) is 81.8 Å². The molecule has 3 N–H and O–H groups in total. The van der Waals surface area contributed by atoms with Crippen LogP contribution in [-0.2, 0) is 33.2 Å². The quantitative estimate of drug-likeness (QED) is 0.459. The molecule has 10 heteroatoms. The topological polar surface area (TPSA) is 114 Å². The average molecular weight is 518 g/mol. The van der Waals surface area contributed by atoms with Gasteiger partial charge in [0.1, 0.15) is 11.4 Å². The Bertz CT molecular complexity index is 1490. The van der Waals surface area contributed by atoms with Gasteiger partial charge in [-0.25, -0.2) is 0 Å². The van der Waals surface area contributed by atoms with E-state index in [1.54, 1.807) is 31.3 Å². The highest BCUT2D eigenvalue weighted by atomic mass is 35.5. The SMILES string of the molecule is Cn1nccc1C(=O)NC(C(=O)Nc1ccc2c(c1)NC(=O)C21CCOCC1)=C1Cc2cccc(Cl)c21. The lowest BCUT2D eigenvalue weighted by molar-refractivity contribution is -0.124.